The molecule has 0 aliphatic heterocycles. The van der Waals surface area contributed by atoms with Crippen molar-refractivity contribution in [3.8, 4) is 0 Å². The lowest BCUT2D eigenvalue weighted by atomic mass is 9.79. The predicted octanol–water partition coefficient (Wildman–Crippen LogP) is 2.09. The standard InChI is InChI=1S/C15H25NO2/c17-7-2-1-6-15(18)16-14-9-10-8-13(14)12-5-3-4-11(10)12/h10-14,17H,1-9H2,(H,16,18). The van der Waals surface area contributed by atoms with E-state index >= 15 is 0 Å². The Morgan fingerprint density at radius 3 is 2.78 bits per heavy atom. The van der Waals surface area contributed by atoms with E-state index in [1.54, 1.807) is 0 Å². The molecule has 0 aromatic carbocycles. The van der Waals surface area contributed by atoms with Crippen molar-refractivity contribution in [2.24, 2.45) is 23.7 Å². The van der Waals surface area contributed by atoms with Gasteiger partial charge in [-0.15, -0.1) is 0 Å². The van der Waals surface area contributed by atoms with Gasteiger partial charge < -0.3 is 10.4 Å². The van der Waals surface area contributed by atoms with Crippen LogP contribution in [0.2, 0.25) is 0 Å². The quantitative estimate of drug-likeness (QED) is 0.735. The van der Waals surface area contributed by atoms with Crippen molar-refractivity contribution in [3.63, 3.8) is 0 Å². The third-order valence-electron chi connectivity index (χ3n) is 5.59. The molecule has 18 heavy (non-hydrogen) atoms. The second kappa shape index (κ2) is 5.20. The van der Waals surface area contributed by atoms with E-state index in [4.69, 9.17) is 5.11 Å². The highest BCUT2D eigenvalue weighted by Crippen LogP contribution is 2.58. The molecule has 3 rings (SSSR count). The van der Waals surface area contributed by atoms with Crippen molar-refractivity contribution in [2.75, 3.05) is 6.61 Å². The molecule has 0 heterocycles. The van der Waals surface area contributed by atoms with Crippen molar-refractivity contribution in [1.82, 2.24) is 5.32 Å². The molecule has 2 bridgehead atoms. The molecule has 3 aliphatic carbocycles. The maximum atomic E-state index is 11.8. The fourth-order valence-electron chi connectivity index (χ4n) is 4.91. The molecule has 0 aromatic heterocycles. The highest BCUT2D eigenvalue weighted by molar-refractivity contribution is 5.76. The van der Waals surface area contributed by atoms with Gasteiger partial charge in [-0.1, -0.05) is 6.42 Å². The van der Waals surface area contributed by atoms with Gasteiger partial charge >= 0.3 is 0 Å². The fraction of sp³-hybridized carbons (Fsp3) is 0.933. The van der Waals surface area contributed by atoms with Crippen LogP contribution < -0.4 is 5.32 Å². The first-order valence-electron chi connectivity index (χ1n) is 7.70. The van der Waals surface area contributed by atoms with Gasteiger partial charge in [-0.05, 0) is 62.2 Å². The highest BCUT2D eigenvalue weighted by Gasteiger charge is 2.53. The van der Waals surface area contributed by atoms with E-state index in [0.29, 0.717) is 12.5 Å². The maximum Gasteiger partial charge on any atom is 0.220 e. The van der Waals surface area contributed by atoms with Crippen molar-refractivity contribution in [3.05, 3.63) is 0 Å². The van der Waals surface area contributed by atoms with Crippen LogP contribution in [0.15, 0.2) is 0 Å². The summed E-state index contributed by atoms with van der Waals surface area (Å²) in [5.74, 6) is 3.81. The number of amides is 1. The van der Waals surface area contributed by atoms with Gasteiger partial charge in [0.1, 0.15) is 0 Å². The Labute approximate surface area is 109 Å². The van der Waals surface area contributed by atoms with Gasteiger partial charge in [0.15, 0.2) is 0 Å². The number of aliphatic hydroxyl groups is 1. The molecule has 102 valence electrons. The van der Waals surface area contributed by atoms with E-state index in [9.17, 15) is 4.79 Å². The number of fused-ring (bicyclic) bond motifs is 5. The molecule has 0 aromatic rings. The largest absolute Gasteiger partial charge is 0.396 e. The van der Waals surface area contributed by atoms with Crippen LogP contribution in [0.1, 0.15) is 51.4 Å². The van der Waals surface area contributed by atoms with Gasteiger partial charge in [-0.25, -0.2) is 0 Å². The topological polar surface area (TPSA) is 49.3 Å². The third kappa shape index (κ3) is 2.18. The summed E-state index contributed by atoms with van der Waals surface area (Å²) in [7, 11) is 0. The van der Waals surface area contributed by atoms with Crippen LogP contribution in [0.25, 0.3) is 0 Å². The molecule has 3 heteroatoms. The van der Waals surface area contributed by atoms with Crippen molar-refractivity contribution in [2.45, 2.75) is 57.4 Å². The minimum atomic E-state index is 0.200. The molecular formula is C15H25NO2. The number of aliphatic hydroxyl groups excluding tert-OH is 1. The van der Waals surface area contributed by atoms with Crippen LogP contribution in [0.3, 0.4) is 0 Å². The summed E-state index contributed by atoms with van der Waals surface area (Å²) in [6.45, 7) is 0.200. The molecule has 0 radical (unpaired) electrons. The minimum absolute atomic E-state index is 0.200. The molecular weight excluding hydrogens is 226 g/mol. The summed E-state index contributed by atoms with van der Waals surface area (Å²) in [6.07, 6.45) is 9.02. The lowest BCUT2D eigenvalue weighted by Crippen LogP contribution is -2.42. The Bertz CT molecular complexity index is 318. The van der Waals surface area contributed by atoms with Gasteiger partial charge in [-0.3, -0.25) is 4.79 Å². The monoisotopic (exact) mass is 251 g/mol. The van der Waals surface area contributed by atoms with Crippen molar-refractivity contribution < 1.29 is 9.90 Å². The lowest BCUT2D eigenvalue weighted by molar-refractivity contribution is -0.122. The fourth-order valence-corrected chi connectivity index (χ4v) is 4.91. The van der Waals surface area contributed by atoms with E-state index in [2.05, 4.69) is 5.32 Å². The summed E-state index contributed by atoms with van der Waals surface area (Å²) in [5, 5.41) is 12.0. The molecule has 1 amide bonds. The average Bonchev–Trinajstić information content (AvgIpc) is 3.00. The number of rotatable bonds is 5. The van der Waals surface area contributed by atoms with Gasteiger partial charge in [0, 0.05) is 19.1 Å². The first-order valence-corrected chi connectivity index (χ1v) is 7.70. The summed E-state index contributed by atoms with van der Waals surface area (Å²) < 4.78 is 0. The zero-order valence-electron chi connectivity index (χ0n) is 11.1. The van der Waals surface area contributed by atoms with E-state index in [1.807, 2.05) is 0 Å². The highest BCUT2D eigenvalue weighted by atomic mass is 16.2. The molecule has 5 unspecified atom stereocenters. The Morgan fingerprint density at radius 1 is 1.11 bits per heavy atom. The third-order valence-corrected chi connectivity index (χ3v) is 5.59. The predicted molar refractivity (Wildman–Crippen MR) is 69.9 cm³/mol. The van der Waals surface area contributed by atoms with E-state index in [-0.39, 0.29) is 12.5 Å². The van der Waals surface area contributed by atoms with Crippen LogP contribution in [0.4, 0.5) is 0 Å². The van der Waals surface area contributed by atoms with Crippen molar-refractivity contribution in [1.29, 1.82) is 0 Å². The molecule has 5 atom stereocenters. The Balaban J connectivity index is 1.49. The number of carbonyl (C=O) groups is 1. The van der Waals surface area contributed by atoms with Crippen LogP contribution in [0, 0.1) is 23.7 Å². The van der Waals surface area contributed by atoms with E-state index < -0.39 is 0 Å². The Hall–Kier alpha value is -0.570. The van der Waals surface area contributed by atoms with E-state index in [1.165, 1.54) is 32.1 Å². The Kier molecular flexibility index (Phi) is 3.60. The van der Waals surface area contributed by atoms with E-state index in [0.717, 1.165) is 36.5 Å². The zero-order chi connectivity index (χ0) is 12.5. The maximum absolute atomic E-state index is 11.8. The van der Waals surface area contributed by atoms with Crippen LogP contribution >= 0.6 is 0 Å². The number of nitrogens with one attached hydrogen (secondary N) is 1. The van der Waals surface area contributed by atoms with Crippen LogP contribution in [-0.4, -0.2) is 23.7 Å². The number of carbonyl (C=O) groups excluding carboxylic acids is 1. The van der Waals surface area contributed by atoms with Gasteiger partial charge in [0.2, 0.25) is 5.91 Å². The summed E-state index contributed by atoms with van der Waals surface area (Å²) in [4.78, 5) is 11.8. The average molecular weight is 251 g/mol. The normalized spacial score (nSPS) is 41.1. The van der Waals surface area contributed by atoms with Crippen LogP contribution in [-0.2, 0) is 4.79 Å². The lowest BCUT2D eigenvalue weighted by Gasteiger charge is -2.32. The molecule has 0 saturated heterocycles. The zero-order valence-corrected chi connectivity index (χ0v) is 11.1. The summed E-state index contributed by atoms with van der Waals surface area (Å²) >= 11 is 0. The molecule has 3 aliphatic rings. The van der Waals surface area contributed by atoms with Gasteiger partial charge in [-0.2, -0.15) is 0 Å². The summed E-state index contributed by atoms with van der Waals surface area (Å²) in [5.41, 5.74) is 0. The number of hydrogen-bond acceptors (Lipinski definition) is 2. The number of unbranched alkanes of at least 4 members (excludes halogenated alkanes) is 1. The van der Waals surface area contributed by atoms with Gasteiger partial charge in [0.25, 0.3) is 0 Å². The molecule has 0 spiro atoms. The molecule has 3 fully saturated rings. The van der Waals surface area contributed by atoms with Gasteiger partial charge in [0.05, 0.1) is 0 Å². The minimum Gasteiger partial charge on any atom is -0.396 e. The SMILES string of the molecule is O=C(CCCCO)NC1CC2CC1C1CCCC21. The second-order valence-corrected chi connectivity index (χ2v) is 6.51. The summed E-state index contributed by atoms with van der Waals surface area (Å²) in [6, 6.07) is 0.468. The molecule has 3 saturated carbocycles. The molecule has 3 nitrogen and oxygen atoms in total. The molecule has 2 N–H and O–H groups in total. The second-order valence-electron chi connectivity index (χ2n) is 6.51. The Morgan fingerprint density at radius 2 is 1.94 bits per heavy atom. The van der Waals surface area contributed by atoms with Crippen LogP contribution in [0.5, 0.6) is 0 Å². The van der Waals surface area contributed by atoms with Crippen molar-refractivity contribution >= 4 is 5.91 Å². The first-order chi connectivity index (χ1) is 8.79. The smallest absolute Gasteiger partial charge is 0.220 e. The number of hydrogen-bond donors (Lipinski definition) is 2. The first kappa shape index (κ1) is 12.5.